The van der Waals surface area contributed by atoms with Crippen LogP contribution in [-0.2, 0) is 5.41 Å². The van der Waals surface area contributed by atoms with Gasteiger partial charge >= 0.3 is 0 Å². The van der Waals surface area contributed by atoms with Gasteiger partial charge in [-0.1, -0.05) is 176 Å². The summed E-state index contributed by atoms with van der Waals surface area (Å²) >= 11 is 0. The summed E-state index contributed by atoms with van der Waals surface area (Å²) in [6, 6.07) is 78.1. The number of fused-ring (bicyclic) bond motifs is 5. The van der Waals surface area contributed by atoms with Gasteiger partial charge in [-0.25, -0.2) is 0 Å². The third-order valence-corrected chi connectivity index (χ3v) is 13.9. The number of benzene rings is 10. The summed E-state index contributed by atoms with van der Waals surface area (Å²) < 4.78 is 6.84. The monoisotopic (exact) mass is 894 g/mol. The van der Waals surface area contributed by atoms with Crippen LogP contribution in [0, 0.1) is 0 Å². The second-order valence-electron chi connectivity index (χ2n) is 20.3. The van der Waals surface area contributed by atoms with Crippen LogP contribution in [0.5, 0.6) is 0 Å². The molecule has 0 spiro atoms. The molecule has 338 valence electrons. The van der Waals surface area contributed by atoms with E-state index in [1.165, 1.54) is 49.7 Å². The van der Waals surface area contributed by atoms with Gasteiger partial charge in [0.2, 0.25) is 0 Å². The zero-order valence-electron chi connectivity index (χ0n) is 40.7. The van der Waals surface area contributed by atoms with Crippen molar-refractivity contribution in [2.24, 2.45) is 0 Å². The standard InChI is InChI=1S/C66H58N2O/c1-43(2)45-21-23-48(24-22-45)59-18-12-14-20-63(59)67(54-31-25-46(26-32-54)44(3)4)56-33-27-49-39-60-61-40-50-28-34-57(38-52(50)42-65(61)69-64(60)41-51(49)37-56)68(55-35-29-53(30-36-55)66(5,6)7)62-19-13-11-17-58(62)47-15-9-8-10-16-47/h8-44H,1-7H3. The maximum Gasteiger partial charge on any atom is 0.136 e. The SMILES string of the molecule is CC(C)c1ccc(-c2ccccc2N(c2ccc(C(C)C)cc2)c2ccc3cc4c(cc3c2)oc2cc3cc(N(c5ccc(C(C)(C)C)cc5)c5ccccc5-c5ccccc5)ccc3cc24)cc1. The quantitative estimate of drug-likeness (QED) is 0.136. The second-order valence-corrected chi connectivity index (χ2v) is 20.3. The first kappa shape index (κ1) is 43.7. The number of furan rings is 1. The van der Waals surface area contributed by atoms with Gasteiger partial charge < -0.3 is 14.2 Å². The highest BCUT2D eigenvalue weighted by molar-refractivity contribution is 6.14. The molecule has 0 unspecified atom stereocenters. The molecule has 10 aromatic carbocycles. The fraction of sp³-hybridized carbons (Fsp3) is 0.152. The first-order chi connectivity index (χ1) is 33.5. The average Bonchev–Trinajstić information content (AvgIpc) is 3.71. The van der Waals surface area contributed by atoms with Crippen molar-refractivity contribution >= 4 is 77.6 Å². The molecule has 0 saturated heterocycles. The Morgan fingerprint density at radius 1 is 0.362 bits per heavy atom. The lowest BCUT2D eigenvalue weighted by atomic mass is 9.87. The molecule has 0 amide bonds. The first-order valence-corrected chi connectivity index (χ1v) is 24.5. The molecule has 0 saturated carbocycles. The molecule has 0 bridgehead atoms. The van der Waals surface area contributed by atoms with Gasteiger partial charge in [-0.15, -0.1) is 0 Å². The number of hydrogen-bond acceptors (Lipinski definition) is 3. The number of nitrogens with zero attached hydrogens (tertiary/aromatic N) is 2. The maximum atomic E-state index is 6.84. The minimum Gasteiger partial charge on any atom is -0.456 e. The van der Waals surface area contributed by atoms with Gasteiger partial charge in [0, 0.05) is 44.6 Å². The summed E-state index contributed by atoms with van der Waals surface area (Å²) in [6.07, 6.45) is 0. The Bertz CT molecular complexity index is 3630. The van der Waals surface area contributed by atoms with Crippen LogP contribution in [0.3, 0.4) is 0 Å². The number of para-hydroxylation sites is 2. The van der Waals surface area contributed by atoms with E-state index in [0.717, 1.165) is 66.8 Å². The lowest BCUT2D eigenvalue weighted by Gasteiger charge is -2.29. The van der Waals surface area contributed by atoms with E-state index in [4.69, 9.17) is 4.42 Å². The zero-order valence-corrected chi connectivity index (χ0v) is 40.7. The van der Waals surface area contributed by atoms with Crippen LogP contribution >= 0.6 is 0 Å². The molecule has 0 aliphatic heterocycles. The van der Waals surface area contributed by atoms with Crippen LogP contribution in [-0.4, -0.2) is 0 Å². The van der Waals surface area contributed by atoms with E-state index in [0.29, 0.717) is 11.8 Å². The summed E-state index contributed by atoms with van der Waals surface area (Å²) in [6.45, 7) is 15.8. The molecule has 1 heterocycles. The Balaban J connectivity index is 1.02. The molecule has 0 radical (unpaired) electrons. The van der Waals surface area contributed by atoms with Crippen LogP contribution in [0.15, 0.2) is 217 Å². The predicted molar refractivity (Wildman–Crippen MR) is 296 cm³/mol. The van der Waals surface area contributed by atoms with E-state index in [2.05, 4.69) is 271 Å². The molecule has 0 aliphatic carbocycles. The molecule has 0 fully saturated rings. The summed E-state index contributed by atoms with van der Waals surface area (Å²) in [5.41, 5.74) is 17.2. The van der Waals surface area contributed by atoms with Crippen LogP contribution in [0.4, 0.5) is 34.1 Å². The van der Waals surface area contributed by atoms with Gasteiger partial charge in [-0.2, -0.15) is 0 Å². The first-order valence-electron chi connectivity index (χ1n) is 24.5. The van der Waals surface area contributed by atoms with E-state index >= 15 is 0 Å². The molecule has 0 N–H and O–H groups in total. The average molecular weight is 895 g/mol. The highest BCUT2D eigenvalue weighted by atomic mass is 16.3. The molecule has 0 aliphatic rings. The molecule has 3 heteroatoms. The molecular formula is C66H58N2O. The van der Waals surface area contributed by atoms with Gasteiger partial charge in [0.15, 0.2) is 0 Å². The summed E-state index contributed by atoms with van der Waals surface area (Å²) in [5, 5.41) is 6.81. The van der Waals surface area contributed by atoms with E-state index in [-0.39, 0.29) is 5.41 Å². The van der Waals surface area contributed by atoms with E-state index in [1.807, 2.05) is 0 Å². The minimum atomic E-state index is 0.0493. The van der Waals surface area contributed by atoms with Crippen LogP contribution < -0.4 is 9.80 Å². The molecular weight excluding hydrogens is 837 g/mol. The van der Waals surface area contributed by atoms with Crippen molar-refractivity contribution in [3.05, 3.63) is 229 Å². The van der Waals surface area contributed by atoms with Crippen molar-refractivity contribution in [2.75, 3.05) is 9.80 Å². The lowest BCUT2D eigenvalue weighted by molar-refractivity contribution is 0.590. The smallest absolute Gasteiger partial charge is 0.136 e. The lowest BCUT2D eigenvalue weighted by Crippen LogP contribution is -2.13. The number of rotatable bonds is 10. The molecule has 0 atom stereocenters. The van der Waals surface area contributed by atoms with Gasteiger partial charge in [0.05, 0.1) is 11.4 Å². The second kappa shape index (κ2) is 17.6. The Morgan fingerprint density at radius 2 is 0.768 bits per heavy atom. The van der Waals surface area contributed by atoms with Gasteiger partial charge in [0.1, 0.15) is 11.2 Å². The van der Waals surface area contributed by atoms with Crippen molar-refractivity contribution in [1.82, 2.24) is 0 Å². The highest BCUT2D eigenvalue weighted by Gasteiger charge is 2.22. The normalized spacial score (nSPS) is 12.0. The fourth-order valence-corrected chi connectivity index (χ4v) is 9.98. The summed E-state index contributed by atoms with van der Waals surface area (Å²) in [4.78, 5) is 4.80. The number of hydrogen-bond donors (Lipinski definition) is 0. The molecule has 11 rings (SSSR count). The van der Waals surface area contributed by atoms with Gasteiger partial charge in [-0.3, -0.25) is 0 Å². The van der Waals surface area contributed by atoms with Crippen LogP contribution in [0.2, 0.25) is 0 Å². The van der Waals surface area contributed by atoms with Crippen molar-refractivity contribution in [3.63, 3.8) is 0 Å². The fourth-order valence-electron chi connectivity index (χ4n) is 9.98. The third kappa shape index (κ3) is 8.33. The maximum absolute atomic E-state index is 6.84. The van der Waals surface area contributed by atoms with Crippen molar-refractivity contribution in [2.45, 2.75) is 65.7 Å². The summed E-state index contributed by atoms with van der Waals surface area (Å²) in [5.74, 6) is 0.917. The minimum absolute atomic E-state index is 0.0493. The third-order valence-electron chi connectivity index (χ3n) is 13.9. The van der Waals surface area contributed by atoms with E-state index < -0.39 is 0 Å². The van der Waals surface area contributed by atoms with Crippen molar-refractivity contribution in [1.29, 1.82) is 0 Å². The predicted octanol–water partition coefficient (Wildman–Crippen LogP) is 19.7. The van der Waals surface area contributed by atoms with Gasteiger partial charge in [0.25, 0.3) is 0 Å². The zero-order chi connectivity index (χ0) is 47.4. The van der Waals surface area contributed by atoms with E-state index in [1.54, 1.807) is 0 Å². The van der Waals surface area contributed by atoms with Crippen LogP contribution in [0.25, 0.3) is 65.7 Å². The molecule has 3 nitrogen and oxygen atoms in total. The number of anilines is 6. The highest BCUT2D eigenvalue weighted by Crippen LogP contribution is 2.45. The Kier molecular flexibility index (Phi) is 11.2. The largest absolute Gasteiger partial charge is 0.456 e. The van der Waals surface area contributed by atoms with Crippen molar-refractivity contribution in [3.8, 4) is 22.3 Å². The Hall–Kier alpha value is -7.88. The Morgan fingerprint density at radius 3 is 1.23 bits per heavy atom. The van der Waals surface area contributed by atoms with Crippen LogP contribution in [0.1, 0.15) is 77.0 Å². The molecule has 69 heavy (non-hydrogen) atoms. The van der Waals surface area contributed by atoms with E-state index in [9.17, 15) is 0 Å². The van der Waals surface area contributed by atoms with Crippen molar-refractivity contribution < 1.29 is 4.42 Å². The van der Waals surface area contributed by atoms with Gasteiger partial charge in [-0.05, 0) is 152 Å². The topological polar surface area (TPSA) is 19.6 Å². The molecule has 11 aromatic rings. The molecule has 1 aromatic heterocycles. The Labute approximate surface area is 406 Å². The summed E-state index contributed by atoms with van der Waals surface area (Å²) in [7, 11) is 0.